The first-order valence-electron chi connectivity index (χ1n) is 5.47. The fourth-order valence-electron chi connectivity index (χ4n) is 1.92. The monoisotopic (exact) mass is 243 g/mol. The molecule has 1 fully saturated rings. The fraction of sp³-hybridized carbons (Fsp3) is 0.700. The van der Waals surface area contributed by atoms with Crippen LogP contribution < -0.4 is 11.5 Å². The summed E-state index contributed by atoms with van der Waals surface area (Å²) in [6.07, 6.45) is 0.975. The van der Waals surface area contributed by atoms with Gasteiger partial charge in [-0.05, 0) is 12.8 Å². The highest BCUT2D eigenvalue weighted by molar-refractivity contribution is 5.88. The third kappa shape index (κ3) is 3.70. The summed E-state index contributed by atoms with van der Waals surface area (Å²) in [6.45, 7) is 0.635. The maximum atomic E-state index is 11.8. The summed E-state index contributed by atoms with van der Waals surface area (Å²) in [4.78, 5) is 34.7. The van der Waals surface area contributed by atoms with E-state index in [-0.39, 0.29) is 13.0 Å². The van der Waals surface area contributed by atoms with Crippen LogP contribution in [0.4, 0.5) is 0 Å². The number of nitrogens with zero attached hydrogens (tertiary/aromatic N) is 1. The number of nitrogens with two attached hydrogens (primary N) is 2. The number of rotatable bonds is 4. The zero-order chi connectivity index (χ0) is 13.0. The van der Waals surface area contributed by atoms with Crippen LogP contribution in [0, 0.1) is 5.92 Å². The lowest BCUT2D eigenvalue weighted by Crippen LogP contribution is -2.50. The van der Waals surface area contributed by atoms with Crippen molar-refractivity contribution in [2.45, 2.75) is 25.3 Å². The van der Waals surface area contributed by atoms with Crippen LogP contribution in [0.2, 0.25) is 0 Å². The first-order valence-corrected chi connectivity index (χ1v) is 5.47. The van der Waals surface area contributed by atoms with Crippen LogP contribution >= 0.6 is 0 Å². The highest BCUT2D eigenvalue weighted by Crippen LogP contribution is 2.17. The number of aliphatic carboxylic acids is 1. The van der Waals surface area contributed by atoms with E-state index in [1.165, 1.54) is 4.90 Å². The molecule has 1 unspecified atom stereocenters. The first-order chi connectivity index (χ1) is 7.91. The summed E-state index contributed by atoms with van der Waals surface area (Å²) < 4.78 is 0. The van der Waals surface area contributed by atoms with Crippen LogP contribution in [0.5, 0.6) is 0 Å². The van der Waals surface area contributed by atoms with Crippen molar-refractivity contribution in [3.8, 4) is 0 Å². The molecule has 0 aromatic heterocycles. The molecule has 2 amide bonds. The van der Waals surface area contributed by atoms with Gasteiger partial charge in [-0.15, -0.1) is 0 Å². The Morgan fingerprint density at radius 3 is 2.59 bits per heavy atom. The largest absolute Gasteiger partial charge is 0.481 e. The molecule has 96 valence electrons. The SMILES string of the molecule is NC(=O)CC(N)C(=O)N1CCC[C@H](C(=O)O)C1. The summed E-state index contributed by atoms with van der Waals surface area (Å²) in [7, 11) is 0. The predicted molar refractivity (Wildman–Crippen MR) is 58.7 cm³/mol. The van der Waals surface area contributed by atoms with E-state index < -0.39 is 29.7 Å². The van der Waals surface area contributed by atoms with Crippen molar-refractivity contribution in [1.29, 1.82) is 0 Å². The van der Waals surface area contributed by atoms with Gasteiger partial charge in [0.15, 0.2) is 0 Å². The van der Waals surface area contributed by atoms with Gasteiger partial charge in [-0.2, -0.15) is 0 Å². The molecule has 0 spiro atoms. The summed E-state index contributed by atoms with van der Waals surface area (Å²) in [6, 6.07) is -0.972. The van der Waals surface area contributed by atoms with Crippen molar-refractivity contribution in [3.05, 3.63) is 0 Å². The molecule has 0 aromatic carbocycles. The van der Waals surface area contributed by atoms with Crippen molar-refractivity contribution in [2.75, 3.05) is 13.1 Å². The third-order valence-electron chi connectivity index (χ3n) is 2.82. The third-order valence-corrected chi connectivity index (χ3v) is 2.82. The van der Waals surface area contributed by atoms with Gasteiger partial charge in [0.25, 0.3) is 0 Å². The van der Waals surface area contributed by atoms with E-state index in [1.54, 1.807) is 0 Å². The molecule has 0 aliphatic carbocycles. The van der Waals surface area contributed by atoms with Gasteiger partial charge in [-0.25, -0.2) is 0 Å². The number of piperidine rings is 1. The molecule has 1 rings (SSSR count). The Bertz CT molecular complexity index is 332. The minimum atomic E-state index is -0.972. The number of hydrogen-bond donors (Lipinski definition) is 3. The molecule has 1 aliphatic heterocycles. The van der Waals surface area contributed by atoms with Crippen molar-refractivity contribution in [2.24, 2.45) is 17.4 Å². The molecular formula is C10H17N3O4. The van der Waals surface area contributed by atoms with E-state index in [0.717, 1.165) is 0 Å². The summed E-state index contributed by atoms with van der Waals surface area (Å²) >= 11 is 0. The van der Waals surface area contributed by atoms with Gasteiger partial charge in [0, 0.05) is 13.1 Å². The Morgan fingerprint density at radius 1 is 1.41 bits per heavy atom. The average Bonchev–Trinajstić information content (AvgIpc) is 2.27. The van der Waals surface area contributed by atoms with Crippen molar-refractivity contribution in [3.63, 3.8) is 0 Å². The second kappa shape index (κ2) is 5.62. The lowest BCUT2D eigenvalue weighted by molar-refractivity contribution is -0.146. The predicted octanol–water partition coefficient (Wildman–Crippen LogP) is -1.49. The highest BCUT2D eigenvalue weighted by Gasteiger charge is 2.30. The summed E-state index contributed by atoms with van der Waals surface area (Å²) in [5.74, 6) is -2.51. The molecule has 7 nitrogen and oxygen atoms in total. The maximum Gasteiger partial charge on any atom is 0.308 e. The molecule has 7 heteroatoms. The fourth-order valence-corrected chi connectivity index (χ4v) is 1.92. The lowest BCUT2D eigenvalue weighted by Gasteiger charge is -2.32. The van der Waals surface area contributed by atoms with Gasteiger partial charge in [0.05, 0.1) is 18.4 Å². The van der Waals surface area contributed by atoms with Crippen LogP contribution in [0.15, 0.2) is 0 Å². The van der Waals surface area contributed by atoms with Crippen molar-refractivity contribution >= 4 is 17.8 Å². The van der Waals surface area contributed by atoms with Gasteiger partial charge in [0.1, 0.15) is 0 Å². The standard InChI is InChI=1S/C10H17N3O4/c11-7(4-8(12)14)9(15)13-3-1-2-6(5-13)10(16)17/h6-7H,1-5,11H2,(H2,12,14)(H,16,17)/t6-,7?/m0/s1. The van der Waals surface area contributed by atoms with Gasteiger partial charge >= 0.3 is 5.97 Å². The molecule has 1 saturated heterocycles. The maximum absolute atomic E-state index is 11.8. The minimum Gasteiger partial charge on any atom is -0.481 e. The van der Waals surface area contributed by atoms with Crippen LogP contribution in [0.1, 0.15) is 19.3 Å². The normalized spacial score (nSPS) is 21.9. The highest BCUT2D eigenvalue weighted by atomic mass is 16.4. The number of likely N-dealkylation sites (tertiary alicyclic amines) is 1. The van der Waals surface area contributed by atoms with Crippen LogP contribution in [0.25, 0.3) is 0 Å². The first kappa shape index (κ1) is 13.4. The molecule has 0 saturated carbocycles. The number of carboxylic acid groups (broad SMARTS) is 1. The molecule has 1 aliphatic rings. The Labute approximate surface area is 98.7 Å². The second-order valence-corrected chi connectivity index (χ2v) is 4.24. The van der Waals surface area contributed by atoms with Crippen molar-refractivity contribution < 1.29 is 19.5 Å². The topological polar surface area (TPSA) is 127 Å². The zero-order valence-electron chi connectivity index (χ0n) is 9.46. The van der Waals surface area contributed by atoms with Gasteiger partial charge in [-0.3, -0.25) is 14.4 Å². The Balaban J connectivity index is 2.57. The number of amides is 2. The molecule has 17 heavy (non-hydrogen) atoms. The smallest absolute Gasteiger partial charge is 0.308 e. The van der Waals surface area contributed by atoms with E-state index in [2.05, 4.69) is 0 Å². The quantitative estimate of drug-likeness (QED) is 0.554. The molecule has 0 bridgehead atoms. The Morgan fingerprint density at radius 2 is 2.06 bits per heavy atom. The van der Waals surface area contributed by atoms with E-state index >= 15 is 0 Å². The molecule has 0 radical (unpaired) electrons. The minimum absolute atomic E-state index is 0.153. The average molecular weight is 243 g/mol. The summed E-state index contributed by atoms with van der Waals surface area (Å²) in [5.41, 5.74) is 10.5. The Kier molecular flexibility index (Phi) is 4.45. The van der Waals surface area contributed by atoms with Crippen LogP contribution in [-0.4, -0.2) is 46.9 Å². The molecular weight excluding hydrogens is 226 g/mol. The second-order valence-electron chi connectivity index (χ2n) is 4.24. The number of primary amides is 1. The summed E-state index contributed by atoms with van der Waals surface area (Å²) in [5, 5.41) is 8.88. The van der Waals surface area contributed by atoms with Crippen LogP contribution in [0.3, 0.4) is 0 Å². The number of hydrogen-bond acceptors (Lipinski definition) is 4. The van der Waals surface area contributed by atoms with E-state index in [0.29, 0.717) is 19.4 Å². The van der Waals surface area contributed by atoms with E-state index in [1.807, 2.05) is 0 Å². The molecule has 0 aromatic rings. The number of carbonyl (C=O) groups is 3. The van der Waals surface area contributed by atoms with Crippen molar-refractivity contribution in [1.82, 2.24) is 4.90 Å². The van der Waals surface area contributed by atoms with E-state index in [9.17, 15) is 14.4 Å². The van der Waals surface area contributed by atoms with E-state index in [4.69, 9.17) is 16.6 Å². The van der Waals surface area contributed by atoms with Crippen LogP contribution in [-0.2, 0) is 14.4 Å². The lowest BCUT2D eigenvalue weighted by atomic mass is 9.97. The number of carboxylic acids is 1. The Hall–Kier alpha value is -1.63. The zero-order valence-corrected chi connectivity index (χ0v) is 9.46. The number of carbonyl (C=O) groups excluding carboxylic acids is 2. The van der Waals surface area contributed by atoms with Gasteiger partial charge in [-0.1, -0.05) is 0 Å². The molecule has 2 atom stereocenters. The van der Waals surface area contributed by atoms with Gasteiger partial charge in [0.2, 0.25) is 11.8 Å². The van der Waals surface area contributed by atoms with Gasteiger partial charge < -0.3 is 21.5 Å². The molecule has 1 heterocycles. The molecule has 5 N–H and O–H groups in total.